The quantitative estimate of drug-likeness (QED) is 0.513. The van der Waals surface area contributed by atoms with E-state index in [-0.39, 0.29) is 11.3 Å². The predicted molar refractivity (Wildman–Crippen MR) is 122 cm³/mol. The van der Waals surface area contributed by atoms with Gasteiger partial charge in [0.05, 0.1) is 11.0 Å². The zero-order valence-corrected chi connectivity index (χ0v) is 18.4. The maximum absolute atomic E-state index is 13.1. The van der Waals surface area contributed by atoms with Crippen molar-refractivity contribution in [3.63, 3.8) is 0 Å². The number of aromatic nitrogens is 3. The number of benzene rings is 1. The second-order valence-corrected chi connectivity index (χ2v) is 9.35. The van der Waals surface area contributed by atoms with Crippen LogP contribution in [-0.4, -0.2) is 39.0 Å². The maximum Gasteiger partial charge on any atom is 0.259 e. The molecule has 1 aliphatic carbocycles. The van der Waals surface area contributed by atoms with Gasteiger partial charge in [-0.1, -0.05) is 48.3 Å². The van der Waals surface area contributed by atoms with E-state index in [4.69, 9.17) is 9.51 Å². The van der Waals surface area contributed by atoms with Crippen LogP contribution in [0.3, 0.4) is 0 Å². The molecule has 1 aliphatic heterocycles. The molecule has 1 atom stereocenters. The Morgan fingerprint density at radius 2 is 2.03 bits per heavy atom. The molecule has 1 saturated carbocycles. The van der Waals surface area contributed by atoms with E-state index in [2.05, 4.69) is 39.3 Å². The molecule has 1 aromatic carbocycles. The standard InChI is InChI=1S/C26H30N4O2/c31-23(11-4-9-20-7-2-1-3-8-20)30-16-6-14-26(19-30,17-21-12-13-21)25-28-24(32-29-25)22-10-5-15-27-18-22/h1-3,5,7-8,10,15,18,21H,4,6,9,11-14,16-17,19H2. The van der Waals surface area contributed by atoms with E-state index < -0.39 is 0 Å². The van der Waals surface area contributed by atoms with Crippen molar-refractivity contribution in [3.05, 3.63) is 66.2 Å². The molecule has 3 aromatic rings. The Kier molecular flexibility index (Phi) is 6.02. The highest BCUT2D eigenvalue weighted by atomic mass is 16.5. The number of carbonyl (C=O) groups excluding carboxylic acids is 1. The van der Waals surface area contributed by atoms with E-state index >= 15 is 0 Å². The Morgan fingerprint density at radius 1 is 1.16 bits per heavy atom. The van der Waals surface area contributed by atoms with Gasteiger partial charge in [0.1, 0.15) is 0 Å². The fourth-order valence-electron chi connectivity index (χ4n) is 4.95. The number of hydrogen-bond donors (Lipinski definition) is 0. The third kappa shape index (κ3) is 4.74. The molecule has 6 heteroatoms. The topological polar surface area (TPSA) is 72.1 Å². The SMILES string of the molecule is O=C(CCCc1ccccc1)N1CCCC(CC2CC2)(c2noc(-c3cccnc3)n2)C1. The van der Waals surface area contributed by atoms with Crippen molar-refractivity contribution in [1.29, 1.82) is 0 Å². The van der Waals surface area contributed by atoms with Crippen LogP contribution in [0, 0.1) is 5.92 Å². The van der Waals surface area contributed by atoms with Crippen LogP contribution in [0.25, 0.3) is 11.5 Å². The minimum absolute atomic E-state index is 0.210. The molecule has 166 valence electrons. The number of nitrogens with zero attached hydrogens (tertiary/aromatic N) is 4. The van der Waals surface area contributed by atoms with Gasteiger partial charge in [0.15, 0.2) is 5.82 Å². The molecule has 0 bridgehead atoms. The molecule has 1 unspecified atom stereocenters. The van der Waals surface area contributed by atoms with Gasteiger partial charge in [-0.25, -0.2) is 0 Å². The van der Waals surface area contributed by atoms with Crippen LogP contribution < -0.4 is 0 Å². The van der Waals surface area contributed by atoms with Crippen molar-refractivity contribution in [2.45, 2.75) is 56.8 Å². The second-order valence-electron chi connectivity index (χ2n) is 9.35. The molecule has 0 spiro atoms. The van der Waals surface area contributed by atoms with E-state index in [9.17, 15) is 4.79 Å². The molecule has 2 aliphatic rings. The molecule has 5 rings (SSSR count). The molecule has 0 N–H and O–H groups in total. The van der Waals surface area contributed by atoms with E-state index in [1.165, 1.54) is 18.4 Å². The molecular weight excluding hydrogens is 400 g/mol. The summed E-state index contributed by atoms with van der Waals surface area (Å²) >= 11 is 0. The van der Waals surface area contributed by atoms with Crippen LogP contribution in [0.15, 0.2) is 59.4 Å². The smallest absolute Gasteiger partial charge is 0.259 e. The lowest BCUT2D eigenvalue weighted by atomic mass is 9.74. The number of amides is 1. The van der Waals surface area contributed by atoms with Crippen LogP contribution in [-0.2, 0) is 16.6 Å². The van der Waals surface area contributed by atoms with Crippen LogP contribution in [0.1, 0.15) is 56.3 Å². The number of piperidine rings is 1. The monoisotopic (exact) mass is 430 g/mol. The Balaban J connectivity index is 1.29. The fourth-order valence-corrected chi connectivity index (χ4v) is 4.95. The van der Waals surface area contributed by atoms with Gasteiger partial charge in [0.2, 0.25) is 5.91 Å². The highest BCUT2D eigenvalue weighted by molar-refractivity contribution is 5.76. The Bertz CT molecular complexity index is 1030. The first-order valence-electron chi connectivity index (χ1n) is 11.8. The maximum atomic E-state index is 13.1. The molecule has 6 nitrogen and oxygen atoms in total. The van der Waals surface area contributed by atoms with E-state index in [1.54, 1.807) is 12.4 Å². The van der Waals surface area contributed by atoms with Crippen molar-refractivity contribution in [3.8, 4) is 11.5 Å². The Labute approximate surface area is 189 Å². The number of hydrogen-bond acceptors (Lipinski definition) is 5. The van der Waals surface area contributed by atoms with Gasteiger partial charge in [-0.05, 0) is 55.7 Å². The first kappa shape index (κ1) is 20.9. The van der Waals surface area contributed by atoms with E-state index in [1.807, 2.05) is 18.2 Å². The Morgan fingerprint density at radius 3 is 2.81 bits per heavy atom. The summed E-state index contributed by atoms with van der Waals surface area (Å²) < 4.78 is 5.64. The summed E-state index contributed by atoms with van der Waals surface area (Å²) in [5.41, 5.74) is 1.91. The predicted octanol–water partition coefficient (Wildman–Crippen LogP) is 4.81. The van der Waals surface area contributed by atoms with E-state index in [0.717, 1.165) is 50.0 Å². The largest absolute Gasteiger partial charge is 0.342 e. The average molecular weight is 431 g/mol. The fraction of sp³-hybridized carbons (Fsp3) is 0.462. The summed E-state index contributed by atoms with van der Waals surface area (Å²) in [5, 5.41) is 4.41. The van der Waals surface area contributed by atoms with Gasteiger partial charge in [-0.3, -0.25) is 9.78 Å². The molecule has 1 amide bonds. The van der Waals surface area contributed by atoms with Gasteiger partial charge in [0.25, 0.3) is 5.89 Å². The van der Waals surface area contributed by atoms with Crippen molar-refractivity contribution in [2.24, 2.45) is 5.92 Å². The molecular formula is C26H30N4O2. The molecule has 2 fully saturated rings. The molecule has 3 heterocycles. The summed E-state index contributed by atoms with van der Waals surface area (Å²) in [7, 11) is 0. The zero-order chi connectivity index (χ0) is 21.8. The number of pyridine rings is 1. The van der Waals surface area contributed by atoms with Crippen LogP contribution in [0.2, 0.25) is 0 Å². The minimum Gasteiger partial charge on any atom is -0.342 e. The lowest BCUT2D eigenvalue weighted by Crippen LogP contribution is -2.49. The highest BCUT2D eigenvalue weighted by Gasteiger charge is 2.45. The van der Waals surface area contributed by atoms with Crippen molar-refractivity contribution < 1.29 is 9.32 Å². The summed E-state index contributed by atoms with van der Waals surface area (Å²) in [6, 6.07) is 14.2. The molecule has 0 radical (unpaired) electrons. The lowest BCUT2D eigenvalue weighted by molar-refractivity contribution is -0.133. The van der Waals surface area contributed by atoms with Crippen molar-refractivity contribution >= 4 is 5.91 Å². The van der Waals surface area contributed by atoms with Crippen LogP contribution in [0.4, 0.5) is 0 Å². The van der Waals surface area contributed by atoms with Gasteiger partial charge in [0, 0.05) is 31.9 Å². The van der Waals surface area contributed by atoms with Crippen LogP contribution in [0.5, 0.6) is 0 Å². The third-order valence-electron chi connectivity index (χ3n) is 6.81. The first-order chi connectivity index (χ1) is 15.7. The van der Waals surface area contributed by atoms with Crippen molar-refractivity contribution in [2.75, 3.05) is 13.1 Å². The summed E-state index contributed by atoms with van der Waals surface area (Å²) in [6.45, 7) is 1.52. The van der Waals surface area contributed by atoms with Crippen molar-refractivity contribution in [1.82, 2.24) is 20.0 Å². The minimum atomic E-state index is -0.210. The number of rotatable bonds is 8. The van der Waals surface area contributed by atoms with E-state index in [0.29, 0.717) is 24.8 Å². The van der Waals surface area contributed by atoms with Gasteiger partial charge >= 0.3 is 0 Å². The number of carbonyl (C=O) groups is 1. The van der Waals surface area contributed by atoms with Gasteiger partial charge in [-0.2, -0.15) is 4.98 Å². The molecule has 32 heavy (non-hydrogen) atoms. The summed E-state index contributed by atoms with van der Waals surface area (Å²) in [6.07, 6.45) is 11.4. The summed E-state index contributed by atoms with van der Waals surface area (Å²) in [5.74, 6) is 2.22. The highest BCUT2D eigenvalue weighted by Crippen LogP contribution is 2.46. The van der Waals surface area contributed by atoms with Crippen LogP contribution >= 0.6 is 0 Å². The zero-order valence-electron chi connectivity index (χ0n) is 18.4. The van der Waals surface area contributed by atoms with Gasteiger partial charge < -0.3 is 9.42 Å². The Hall–Kier alpha value is -3.02. The van der Waals surface area contributed by atoms with Gasteiger partial charge in [-0.15, -0.1) is 0 Å². The molecule has 1 saturated heterocycles. The normalized spacial score (nSPS) is 20.9. The second kappa shape index (κ2) is 9.23. The number of likely N-dealkylation sites (tertiary alicyclic amines) is 1. The number of aryl methyl sites for hydroxylation is 1. The summed E-state index contributed by atoms with van der Waals surface area (Å²) in [4.78, 5) is 24.1. The third-order valence-corrected chi connectivity index (χ3v) is 6.81. The first-order valence-corrected chi connectivity index (χ1v) is 11.8. The average Bonchev–Trinajstić information content (AvgIpc) is 3.50. The molecule has 2 aromatic heterocycles. The lowest BCUT2D eigenvalue weighted by Gasteiger charge is -2.41.